The molecule has 2 aromatic carbocycles. The lowest BCUT2D eigenvalue weighted by atomic mass is 10.1. The molecule has 3 rings (SSSR count). The molecule has 0 amide bonds. The fraction of sp³-hybridized carbons (Fsp3) is 0.0625. The Hall–Kier alpha value is -1.62. The monoisotopic (exact) mass is 362 g/mol. The van der Waals surface area contributed by atoms with Crippen molar-refractivity contribution in [2.24, 2.45) is 0 Å². The molecule has 0 fully saturated rings. The molecule has 0 aliphatic heterocycles. The van der Waals surface area contributed by atoms with Crippen molar-refractivity contribution in [3.05, 3.63) is 64.5 Å². The summed E-state index contributed by atoms with van der Waals surface area (Å²) in [4.78, 5) is 0. The molecule has 3 heteroatoms. The summed E-state index contributed by atoms with van der Waals surface area (Å²) >= 11 is 2.31. The first-order chi connectivity index (χ1) is 9.28. The zero-order valence-electron chi connectivity index (χ0n) is 10.5. The number of methoxy groups -OCH3 is 1. The lowest BCUT2D eigenvalue weighted by Gasteiger charge is -2.04. The van der Waals surface area contributed by atoms with Gasteiger partial charge in [-0.1, -0.05) is 12.1 Å². The van der Waals surface area contributed by atoms with E-state index in [0.29, 0.717) is 0 Å². The lowest BCUT2D eigenvalue weighted by Crippen LogP contribution is -2.29. The molecule has 3 aromatic rings. The minimum Gasteiger partial charge on any atom is -0.496 e. The van der Waals surface area contributed by atoms with Crippen LogP contribution in [0.25, 0.3) is 16.5 Å². The van der Waals surface area contributed by atoms with Crippen LogP contribution in [-0.2, 0) is 0 Å². The number of pyridine rings is 1. The minimum absolute atomic E-state index is 0.900. The van der Waals surface area contributed by atoms with Gasteiger partial charge in [0, 0.05) is 21.8 Å². The van der Waals surface area contributed by atoms with E-state index in [-0.39, 0.29) is 0 Å². The number of aromatic nitrogens is 1. The predicted molar refractivity (Wildman–Crippen MR) is 84.7 cm³/mol. The van der Waals surface area contributed by atoms with Crippen molar-refractivity contribution in [2.75, 3.05) is 7.11 Å². The number of benzene rings is 2. The van der Waals surface area contributed by atoms with E-state index in [0.717, 1.165) is 16.8 Å². The van der Waals surface area contributed by atoms with E-state index in [4.69, 9.17) is 4.74 Å². The molecule has 0 saturated heterocycles. The van der Waals surface area contributed by atoms with Gasteiger partial charge in [0.1, 0.15) is 5.75 Å². The van der Waals surface area contributed by atoms with Crippen molar-refractivity contribution in [3.63, 3.8) is 0 Å². The average molecular weight is 362 g/mol. The second-order valence-corrected chi connectivity index (χ2v) is 5.54. The molecule has 1 aromatic heterocycles. The number of fused-ring (bicyclic) bond motifs is 1. The van der Waals surface area contributed by atoms with Crippen LogP contribution in [0, 0.1) is 3.57 Å². The Bertz CT molecular complexity index is 722. The third-order valence-corrected chi connectivity index (χ3v) is 3.85. The van der Waals surface area contributed by atoms with Gasteiger partial charge in [-0.2, -0.15) is 4.57 Å². The van der Waals surface area contributed by atoms with Crippen LogP contribution in [0.5, 0.6) is 5.75 Å². The Balaban J connectivity index is 2.18. The van der Waals surface area contributed by atoms with Crippen LogP contribution in [0.4, 0.5) is 0 Å². The van der Waals surface area contributed by atoms with Crippen LogP contribution < -0.4 is 9.30 Å². The lowest BCUT2D eigenvalue weighted by molar-refractivity contribution is -0.594. The van der Waals surface area contributed by atoms with Crippen LogP contribution in [0.15, 0.2) is 60.9 Å². The summed E-state index contributed by atoms with van der Waals surface area (Å²) in [6.07, 6.45) is 4.18. The van der Waals surface area contributed by atoms with Gasteiger partial charge < -0.3 is 4.74 Å². The Morgan fingerprint density at radius 3 is 2.53 bits per heavy atom. The number of halogens is 1. The van der Waals surface area contributed by atoms with Gasteiger partial charge in [-0.05, 0) is 46.2 Å². The zero-order valence-corrected chi connectivity index (χ0v) is 12.7. The molecule has 0 radical (unpaired) electrons. The van der Waals surface area contributed by atoms with Crippen molar-refractivity contribution in [2.45, 2.75) is 0 Å². The first-order valence-electron chi connectivity index (χ1n) is 6.02. The van der Waals surface area contributed by atoms with E-state index in [9.17, 15) is 0 Å². The molecule has 0 N–H and O–H groups in total. The molecule has 94 valence electrons. The summed E-state index contributed by atoms with van der Waals surface area (Å²) < 4.78 is 8.77. The maximum atomic E-state index is 5.42. The summed E-state index contributed by atoms with van der Waals surface area (Å²) in [6, 6.07) is 16.6. The van der Waals surface area contributed by atoms with Crippen molar-refractivity contribution < 1.29 is 9.30 Å². The van der Waals surface area contributed by atoms with Crippen LogP contribution in [0.1, 0.15) is 0 Å². The molecule has 0 saturated carbocycles. The van der Waals surface area contributed by atoms with Crippen LogP contribution in [0.2, 0.25) is 0 Å². The highest BCUT2D eigenvalue weighted by Gasteiger charge is 2.09. The van der Waals surface area contributed by atoms with Gasteiger partial charge in [0.25, 0.3) is 0 Å². The van der Waals surface area contributed by atoms with Gasteiger partial charge in [0.2, 0.25) is 5.69 Å². The number of hydrogen-bond acceptors (Lipinski definition) is 1. The molecule has 0 atom stereocenters. The van der Waals surface area contributed by atoms with E-state index >= 15 is 0 Å². The zero-order chi connectivity index (χ0) is 13.2. The van der Waals surface area contributed by atoms with Crippen molar-refractivity contribution in [1.29, 1.82) is 0 Å². The smallest absolute Gasteiger partial charge is 0.210 e. The van der Waals surface area contributed by atoms with Gasteiger partial charge in [-0.3, -0.25) is 0 Å². The number of ether oxygens (including phenoxy) is 1. The maximum Gasteiger partial charge on any atom is 0.210 e. The highest BCUT2D eigenvalue weighted by molar-refractivity contribution is 14.1. The Morgan fingerprint density at radius 1 is 1.00 bits per heavy atom. The van der Waals surface area contributed by atoms with E-state index in [1.54, 1.807) is 7.11 Å². The third kappa shape index (κ3) is 2.42. The minimum atomic E-state index is 0.900. The summed E-state index contributed by atoms with van der Waals surface area (Å²) in [5, 5.41) is 2.30. The second-order valence-electron chi connectivity index (χ2n) is 4.29. The maximum absolute atomic E-state index is 5.42. The molecule has 19 heavy (non-hydrogen) atoms. The highest BCUT2D eigenvalue weighted by atomic mass is 127. The summed E-state index contributed by atoms with van der Waals surface area (Å²) in [7, 11) is 1.71. The second kappa shape index (κ2) is 5.17. The third-order valence-electron chi connectivity index (χ3n) is 3.13. The van der Waals surface area contributed by atoms with Crippen molar-refractivity contribution in [3.8, 4) is 11.4 Å². The molecular weight excluding hydrogens is 349 g/mol. The van der Waals surface area contributed by atoms with Crippen LogP contribution in [0.3, 0.4) is 0 Å². The van der Waals surface area contributed by atoms with E-state index in [1.165, 1.54) is 8.96 Å². The molecule has 0 aliphatic carbocycles. The first-order valence-corrected chi connectivity index (χ1v) is 7.10. The summed E-state index contributed by atoms with van der Waals surface area (Å²) in [5.41, 5.74) is 1.15. The molecule has 0 bridgehead atoms. The summed E-state index contributed by atoms with van der Waals surface area (Å²) in [5.74, 6) is 0.900. The first kappa shape index (κ1) is 12.4. The molecule has 0 spiro atoms. The molecular formula is C16H13INO+. The molecule has 0 unspecified atom stereocenters. The van der Waals surface area contributed by atoms with Crippen molar-refractivity contribution in [1.82, 2.24) is 0 Å². The fourth-order valence-corrected chi connectivity index (χ4v) is 2.50. The number of nitrogens with zero attached hydrogens (tertiary/aromatic N) is 1. The normalized spacial score (nSPS) is 10.6. The number of hydrogen-bond donors (Lipinski definition) is 0. The Labute approximate surface area is 125 Å². The molecule has 2 nitrogen and oxygen atoms in total. The average Bonchev–Trinajstić information content (AvgIpc) is 2.47. The standard InChI is InChI=1S/C16H13INO/c1-19-16-4-2-3-12-9-10-18(11-15(12)16)14-7-5-13(17)6-8-14/h2-11H,1H3/q+1. The SMILES string of the molecule is COc1cccc2cc[n+](-c3ccc(I)cc3)cc12. The van der Waals surface area contributed by atoms with E-state index in [1.807, 2.05) is 12.1 Å². The molecule has 0 aliphatic rings. The van der Waals surface area contributed by atoms with Gasteiger partial charge >= 0.3 is 0 Å². The molecule has 1 heterocycles. The van der Waals surface area contributed by atoms with Gasteiger partial charge in [0.15, 0.2) is 12.4 Å². The largest absolute Gasteiger partial charge is 0.496 e. The van der Waals surface area contributed by atoms with Crippen LogP contribution in [-0.4, -0.2) is 7.11 Å². The topological polar surface area (TPSA) is 13.1 Å². The van der Waals surface area contributed by atoms with E-state index < -0.39 is 0 Å². The van der Waals surface area contributed by atoms with Crippen molar-refractivity contribution >= 4 is 33.4 Å². The number of rotatable bonds is 2. The summed E-state index contributed by atoms with van der Waals surface area (Å²) in [6.45, 7) is 0. The van der Waals surface area contributed by atoms with Gasteiger partial charge in [-0.25, -0.2) is 0 Å². The highest BCUT2D eigenvalue weighted by Crippen LogP contribution is 2.23. The van der Waals surface area contributed by atoms with Crippen LogP contribution >= 0.6 is 22.6 Å². The Kier molecular flexibility index (Phi) is 3.38. The predicted octanol–water partition coefficient (Wildman–Crippen LogP) is 3.73. The quantitative estimate of drug-likeness (QED) is 0.500. The van der Waals surface area contributed by atoms with E-state index in [2.05, 4.69) is 75.9 Å². The fourth-order valence-electron chi connectivity index (χ4n) is 2.14. The Morgan fingerprint density at radius 2 is 1.79 bits per heavy atom. The van der Waals surface area contributed by atoms with Gasteiger partial charge in [-0.15, -0.1) is 0 Å². The van der Waals surface area contributed by atoms with Gasteiger partial charge in [0.05, 0.1) is 12.5 Å².